The number of carboxylic acid groups (broad SMARTS) is 2. The van der Waals surface area contributed by atoms with E-state index in [2.05, 4.69) is 0 Å². The first-order valence-corrected chi connectivity index (χ1v) is 5.74. The number of unbranched alkanes of at least 4 members (excludes halogenated alkanes) is 6. The summed E-state index contributed by atoms with van der Waals surface area (Å²) < 4.78 is 0. The van der Waals surface area contributed by atoms with Crippen molar-refractivity contribution in [1.29, 1.82) is 0 Å². The fourth-order valence-corrected chi connectivity index (χ4v) is 1.43. The Hall–Kier alpha value is -0.697. The topological polar surface area (TPSA) is 74.6 Å². The van der Waals surface area contributed by atoms with Gasteiger partial charge in [0.1, 0.15) is 0 Å². The third kappa shape index (κ3) is 17.9. The van der Waals surface area contributed by atoms with Gasteiger partial charge in [-0.2, -0.15) is 0 Å². The smallest absolute Gasteiger partial charge is 0.327 e. The molecule has 0 atom stereocenters. The van der Waals surface area contributed by atoms with Gasteiger partial charge in [-0.15, -0.1) is 0 Å². The second-order valence-electron chi connectivity index (χ2n) is 3.79. The van der Waals surface area contributed by atoms with Crippen LogP contribution in [-0.4, -0.2) is 22.2 Å². The van der Waals surface area contributed by atoms with E-state index in [9.17, 15) is 9.59 Å². The maximum Gasteiger partial charge on any atom is 0.327 e. The molecular weight excluding hydrogens is 274 g/mol. The minimum Gasteiger partial charge on any atom is -0.481 e. The zero-order valence-corrected chi connectivity index (χ0v) is 13.2. The fraction of sp³-hybridized carbons (Fsp3) is 0.667. The van der Waals surface area contributed by atoms with Gasteiger partial charge in [0, 0.05) is 32.0 Å². The second kappa shape index (κ2) is 13.4. The van der Waals surface area contributed by atoms with Gasteiger partial charge in [0.25, 0.3) is 0 Å². The molecule has 5 heteroatoms. The van der Waals surface area contributed by atoms with Crippen molar-refractivity contribution in [2.24, 2.45) is 0 Å². The standard InChI is InChI=1S/C12H20O4.Zn/c13-11(14)9-7-5-3-1-2-4-6-8-10-12(15)16;/h7,9H,1-6,8,10H2,(H,13,14)(H,15,16);/b9-7+;. The third-order valence-corrected chi connectivity index (χ3v) is 2.27. The summed E-state index contributed by atoms with van der Waals surface area (Å²) >= 11 is 0. The third-order valence-electron chi connectivity index (χ3n) is 2.27. The molecule has 0 aliphatic rings. The Morgan fingerprint density at radius 3 is 1.94 bits per heavy atom. The summed E-state index contributed by atoms with van der Waals surface area (Å²) in [5, 5.41) is 16.7. The van der Waals surface area contributed by atoms with E-state index in [0.717, 1.165) is 44.9 Å². The van der Waals surface area contributed by atoms with E-state index in [1.165, 1.54) is 6.08 Å². The number of allylic oxidation sites excluding steroid dienone is 1. The Morgan fingerprint density at radius 2 is 1.41 bits per heavy atom. The molecule has 17 heavy (non-hydrogen) atoms. The van der Waals surface area contributed by atoms with E-state index >= 15 is 0 Å². The molecule has 0 aromatic carbocycles. The molecule has 0 saturated carbocycles. The zero-order chi connectivity index (χ0) is 12.2. The molecule has 0 spiro atoms. The molecule has 0 aromatic heterocycles. The molecule has 0 fully saturated rings. The van der Waals surface area contributed by atoms with E-state index in [1.54, 1.807) is 6.08 Å². The summed E-state index contributed by atoms with van der Waals surface area (Å²) in [6.07, 6.45) is 9.89. The maximum atomic E-state index is 10.2. The molecule has 0 amide bonds. The first-order chi connectivity index (χ1) is 7.63. The van der Waals surface area contributed by atoms with Crippen LogP contribution in [0.25, 0.3) is 0 Å². The van der Waals surface area contributed by atoms with Gasteiger partial charge in [-0.25, -0.2) is 4.79 Å². The van der Waals surface area contributed by atoms with Crippen LogP contribution in [0.2, 0.25) is 0 Å². The van der Waals surface area contributed by atoms with Crippen molar-refractivity contribution in [1.82, 2.24) is 0 Å². The van der Waals surface area contributed by atoms with Crippen LogP contribution < -0.4 is 0 Å². The Kier molecular flexibility index (Phi) is 14.7. The summed E-state index contributed by atoms with van der Waals surface area (Å²) in [6, 6.07) is 0. The molecular formula is C12H20O4Zn. The summed E-state index contributed by atoms with van der Waals surface area (Å²) in [6.45, 7) is 0. The van der Waals surface area contributed by atoms with Crippen molar-refractivity contribution >= 4 is 11.9 Å². The largest absolute Gasteiger partial charge is 0.481 e. The molecule has 0 unspecified atom stereocenters. The van der Waals surface area contributed by atoms with E-state index in [0.29, 0.717) is 0 Å². The molecule has 0 heterocycles. The second-order valence-corrected chi connectivity index (χ2v) is 3.79. The van der Waals surface area contributed by atoms with Crippen molar-refractivity contribution < 1.29 is 39.3 Å². The van der Waals surface area contributed by atoms with Crippen LogP contribution in [0.4, 0.5) is 0 Å². The average Bonchev–Trinajstić information content (AvgIpc) is 2.20. The van der Waals surface area contributed by atoms with Gasteiger partial charge in [-0.3, -0.25) is 4.79 Å². The molecule has 0 radical (unpaired) electrons. The van der Waals surface area contributed by atoms with Gasteiger partial charge >= 0.3 is 11.9 Å². The predicted octanol–water partition coefficient (Wildman–Crippen LogP) is 2.83. The number of hydrogen-bond donors (Lipinski definition) is 2. The zero-order valence-electron chi connectivity index (χ0n) is 10.2. The monoisotopic (exact) mass is 292 g/mol. The Morgan fingerprint density at radius 1 is 0.882 bits per heavy atom. The first-order valence-electron chi connectivity index (χ1n) is 5.74. The van der Waals surface area contributed by atoms with E-state index in [1.807, 2.05) is 0 Å². The van der Waals surface area contributed by atoms with Gasteiger partial charge in [0.05, 0.1) is 0 Å². The molecule has 94 valence electrons. The minimum atomic E-state index is -0.895. The van der Waals surface area contributed by atoms with E-state index < -0.39 is 11.9 Å². The summed E-state index contributed by atoms with van der Waals surface area (Å²) in [4.78, 5) is 20.3. The molecule has 0 aliphatic heterocycles. The molecule has 0 bridgehead atoms. The first kappa shape index (κ1) is 18.7. The van der Waals surface area contributed by atoms with Crippen LogP contribution in [0.5, 0.6) is 0 Å². The van der Waals surface area contributed by atoms with E-state index in [-0.39, 0.29) is 25.9 Å². The normalized spacial score (nSPS) is 10.1. The van der Waals surface area contributed by atoms with Crippen molar-refractivity contribution in [3.8, 4) is 0 Å². The molecule has 2 N–H and O–H groups in total. The number of carbonyl (C=O) groups is 2. The Bertz CT molecular complexity index is 239. The van der Waals surface area contributed by atoms with E-state index in [4.69, 9.17) is 10.2 Å². The van der Waals surface area contributed by atoms with Crippen molar-refractivity contribution in [2.45, 2.75) is 51.4 Å². The molecule has 0 aliphatic carbocycles. The van der Waals surface area contributed by atoms with Crippen LogP contribution in [0, 0.1) is 0 Å². The number of aliphatic carboxylic acids is 2. The quantitative estimate of drug-likeness (QED) is 0.369. The summed E-state index contributed by atoms with van der Waals surface area (Å²) in [5.41, 5.74) is 0. The van der Waals surface area contributed by atoms with Crippen LogP contribution in [-0.2, 0) is 29.1 Å². The Balaban J connectivity index is 0. The van der Waals surface area contributed by atoms with Gasteiger partial charge in [0.2, 0.25) is 0 Å². The predicted molar refractivity (Wildman–Crippen MR) is 61.3 cm³/mol. The molecule has 0 rings (SSSR count). The molecule has 0 saturated heterocycles. The van der Waals surface area contributed by atoms with Crippen LogP contribution in [0.15, 0.2) is 12.2 Å². The minimum absolute atomic E-state index is 0. The number of hydrogen-bond acceptors (Lipinski definition) is 2. The van der Waals surface area contributed by atoms with Gasteiger partial charge in [-0.05, 0) is 19.3 Å². The summed E-state index contributed by atoms with van der Waals surface area (Å²) in [7, 11) is 0. The molecule has 4 nitrogen and oxygen atoms in total. The van der Waals surface area contributed by atoms with Crippen molar-refractivity contribution in [2.75, 3.05) is 0 Å². The number of rotatable bonds is 10. The molecule has 0 aromatic rings. The van der Waals surface area contributed by atoms with Gasteiger partial charge in [0.15, 0.2) is 0 Å². The van der Waals surface area contributed by atoms with Crippen LogP contribution >= 0.6 is 0 Å². The summed E-state index contributed by atoms with van der Waals surface area (Å²) in [5.74, 6) is -1.62. The maximum absolute atomic E-state index is 10.2. The fourth-order valence-electron chi connectivity index (χ4n) is 1.43. The van der Waals surface area contributed by atoms with Crippen molar-refractivity contribution in [3.05, 3.63) is 12.2 Å². The van der Waals surface area contributed by atoms with Crippen molar-refractivity contribution in [3.63, 3.8) is 0 Å². The van der Waals surface area contributed by atoms with Gasteiger partial charge < -0.3 is 10.2 Å². The van der Waals surface area contributed by atoms with Crippen LogP contribution in [0.3, 0.4) is 0 Å². The average molecular weight is 294 g/mol. The van der Waals surface area contributed by atoms with Gasteiger partial charge in [-0.1, -0.05) is 31.8 Å². The Labute approximate surface area is 115 Å². The van der Waals surface area contributed by atoms with Crippen LogP contribution in [0.1, 0.15) is 51.4 Å². The number of carboxylic acids is 2. The SMILES string of the molecule is O=C(O)/C=C/CCCCCCCCC(=O)O.[Zn].